The van der Waals surface area contributed by atoms with E-state index >= 15 is 0 Å². The van der Waals surface area contributed by atoms with Gasteiger partial charge in [0.2, 0.25) is 0 Å². The van der Waals surface area contributed by atoms with Gasteiger partial charge in [-0.05, 0) is 25.0 Å². The molecule has 4 heteroatoms. The molecule has 0 bridgehead atoms. The minimum Gasteiger partial charge on any atom is -0.480 e. The van der Waals surface area contributed by atoms with E-state index in [1.165, 1.54) is 0 Å². The normalized spacial score (nSPS) is 9.69. The van der Waals surface area contributed by atoms with Gasteiger partial charge in [-0.1, -0.05) is 0 Å². The Kier molecular flexibility index (Phi) is 2.84. The number of hydrogen-bond donors (Lipinski definition) is 2. The van der Waals surface area contributed by atoms with Gasteiger partial charge >= 0.3 is 5.97 Å². The number of nitrogens with one attached hydrogen (secondary N) is 1. The predicted molar refractivity (Wildman–Crippen MR) is 49.8 cm³/mol. The second-order valence-corrected chi connectivity index (χ2v) is 2.90. The van der Waals surface area contributed by atoms with Gasteiger partial charge in [0.15, 0.2) is 0 Å². The number of carboxylic acid groups (broad SMARTS) is 1. The van der Waals surface area contributed by atoms with Crippen LogP contribution in [0.3, 0.4) is 0 Å². The van der Waals surface area contributed by atoms with Crippen LogP contribution >= 0.6 is 0 Å². The molecule has 1 heterocycles. The van der Waals surface area contributed by atoms with Crippen LogP contribution in [0.5, 0.6) is 0 Å². The Hall–Kier alpha value is -1.58. The number of carbonyl (C=O) groups is 1. The van der Waals surface area contributed by atoms with Gasteiger partial charge in [0, 0.05) is 18.1 Å². The van der Waals surface area contributed by atoms with Gasteiger partial charge in [-0.3, -0.25) is 9.78 Å². The molecule has 0 unspecified atom stereocenters. The maximum absolute atomic E-state index is 10.3. The van der Waals surface area contributed by atoms with Gasteiger partial charge in [0.25, 0.3) is 0 Å². The van der Waals surface area contributed by atoms with Crippen LogP contribution in [0.2, 0.25) is 0 Å². The van der Waals surface area contributed by atoms with Crippen molar-refractivity contribution in [1.82, 2.24) is 4.98 Å². The molecule has 4 nitrogen and oxygen atoms in total. The van der Waals surface area contributed by atoms with Crippen LogP contribution in [-0.4, -0.2) is 22.6 Å². The third kappa shape index (κ3) is 2.43. The molecule has 0 fully saturated rings. The van der Waals surface area contributed by atoms with E-state index in [1.807, 2.05) is 13.8 Å². The van der Waals surface area contributed by atoms with Gasteiger partial charge < -0.3 is 10.4 Å². The summed E-state index contributed by atoms with van der Waals surface area (Å²) in [5.41, 5.74) is 2.78. The Morgan fingerprint density at radius 3 is 2.46 bits per heavy atom. The molecule has 1 aromatic heterocycles. The number of rotatable bonds is 3. The van der Waals surface area contributed by atoms with Crippen LogP contribution in [-0.2, 0) is 4.79 Å². The molecule has 13 heavy (non-hydrogen) atoms. The Morgan fingerprint density at radius 1 is 1.46 bits per heavy atom. The van der Waals surface area contributed by atoms with Crippen molar-refractivity contribution in [2.24, 2.45) is 0 Å². The second-order valence-electron chi connectivity index (χ2n) is 2.90. The SMILES string of the molecule is Cc1cncc(C)c1NCC(=O)O. The smallest absolute Gasteiger partial charge is 0.322 e. The number of nitrogens with zero attached hydrogens (tertiary/aromatic N) is 1. The summed E-state index contributed by atoms with van der Waals surface area (Å²) in [7, 11) is 0. The van der Waals surface area contributed by atoms with Gasteiger partial charge in [-0.15, -0.1) is 0 Å². The third-order valence-corrected chi connectivity index (χ3v) is 1.74. The van der Waals surface area contributed by atoms with E-state index in [-0.39, 0.29) is 6.54 Å². The highest BCUT2D eigenvalue weighted by molar-refractivity contribution is 5.73. The number of aliphatic carboxylic acids is 1. The molecular formula is C9H12N2O2. The number of carboxylic acids is 1. The molecule has 2 N–H and O–H groups in total. The maximum atomic E-state index is 10.3. The zero-order chi connectivity index (χ0) is 9.84. The van der Waals surface area contributed by atoms with Crippen molar-refractivity contribution in [2.45, 2.75) is 13.8 Å². The highest BCUT2D eigenvalue weighted by atomic mass is 16.4. The third-order valence-electron chi connectivity index (χ3n) is 1.74. The van der Waals surface area contributed by atoms with Gasteiger partial charge in [-0.2, -0.15) is 0 Å². The molecular weight excluding hydrogens is 168 g/mol. The molecule has 0 saturated heterocycles. The highest BCUT2D eigenvalue weighted by Gasteiger charge is 2.03. The lowest BCUT2D eigenvalue weighted by Gasteiger charge is -2.09. The summed E-state index contributed by atoms with van der Waals surface area (Å²) in [6.07, 6.45) is 3.41. The molecule has 0 radical (unpaired) electrons. The van der Waals surface area contributed by atoms with Gasteiger partial charge in [0.1, 0.15) is 6.54 Å². The van der Waals surface area contributed by atoms with Crippen molar-refractivity contribution in [3.8, 4) is 0 Å². The van der Waals surface area contributed by atoms with Crippen LogP contribution in [0.25, 0.3) is 0 Å². The molecule has 0 amide bonds. The monoisotopic (exact) mass is 180 g/mol. The van der Waals surface area contributed by atoms with Gasteiger partial charge in [0.05, 0.1) is 0 Å². The van der Waals surface area contributed by atoms with E-state index in [0.717, 1.165) is 16.8 Å². The lowest BCUT2D eigenvalue weighted by molar-refractivity contribution is -0.134. The largest absolute Gasteiger partial charge is 0.480 e. The fourth-order valence-electron chi connectivity index (χ4n) is 1.14. The number of aryl methyl sites for hydroxylation is 2. The fourth-order valence-corrected chi connectivity index (χ4v) is 1.14. The molecule has 0 atom stereocenters. The number of aromatic nitrogens is 1. The average molecular weight is 180 g/mol. The van der Waals surface area contributed by atoms with Crippen molar-refractivity contribution < 1.29 is 9.90 Å². The van der Waals surface area contributed by atoms with Crippen LogP contribution in [0.15, 0.2) is 12.4 Å². The van der Waals surface area contributed by atoms with Crippen LogP contribution in [0, 0.1) is 13.8 Å². The molecule has 0 saturated carbocycles. The summed E-state index contributed by atoms with van der Waals surface area (Å²) < 4.78 is 0. The Labute approximate surface area is 76.6 Å². The van der Waals surface area contributed by atoms with Crippen LogP contribution in [0.1, 0.15) is 11.1 Å². The summed E-state index contributed by atoms with van der Waals surface area (Å²) >= 11 is 0. The zero-order valence-electron chi connectivity index (χ0n) is 7.66. The summed E-state index contributed by atoms with van der Waals surface area (Å²) in [5.74, 6) is -0.865. The standard InChI is InChI=1S/C9H12N2O2/c1-6-3-10-4-7(2)9(6)11-5-8(12)13/h3-4H,5H2,1-2H3,(H,10,11)(H,12,13). The molecule has 0 aliphatic carbocycles. The summed E-state index contributed by atoms with van der Waals surface area (Å²) in [4.78, 5) is 14.3. The van der Waals surface area contributed by atoms with Crippen molar-refractivity contribution in [2.75, 3.05) is 11.9 Å². The summed E-state index contributed by atoms with van der Waals surface area (Å²) in [5, 5.41) is 11.3. The maximum Gasteiger partial charge on any atom is 0.322 e. The summed E-state index contributed by atoms with van der Waals surface area (Å²) in [6, 6.07) is 0. The van der Waals surface area contributed by atoms with Crippen molar-refractivity contribution in [3.63, 3.8) is 0 Å². The molecule has 0 spiro atoms. The topological polar surface area (TPSA) is 62.2 Å². The number of anilines is 1. The van der Waals surface area contributed by atoms with Crippen molar-refractivity contribution >= 4 is 11.7 Å². The Bertz CT molecular complexity index is 303. The molecule has 1 rings (SSSR count). The van der Waals surface area contributed by atoms with Crippen molar-refractivity contribution in [1.29, 1.82) is 0 Å². The molecule has 0 aliphatic heterocycles. The Balaban J connectivity index is 2.81. The Morgan fingerprint density at radius 2 is 2.00 bits per heavy atom. The highest BCUT2D eigenvalue weighted by Crippen LogP contribution is 2.17. The predicted octanol–water partition coefficient (Wildman–Crippen LogP) is 1.19. The van der Waals surface area contributed by atoms with E-state index in [1.54, 1.807) is 12.4 Å². The van der Waals surface area contributed by atoms with E-state index in [9.17, 15) is 4.79 Å². The van der Waals surface area contributed by atoms with Gasteiger partial charge in [-0.25, -0.2) is 0 Å². The van der Waals surface area contributed by atoms with E-state index in [2.05, 4.69) is 10.3 Å². The molecule has 70 valence electrons. The lowest BCUT2D eigenvalue weighted by atomic mass is 10.2. The first-order chi connectivity index (χ1) is 6.11. The van der Waals surface area contributed by atoms with E-state index in [0.29, 0.717) is 0 Å². The molecule has 0 aliphatic rings. The quantitative estimate of drug-likeness (QED) is 0.733. The van der Waals surface area contributed by atoms with Crippen molar-refractivity contribution in [3.05, 3.63) is 23.5 Å². The minimum absolute atomic E-state index is 0.0638. The fraction of sp³-hybridized carbons (Fsp3) is 0.333. The number of hydrogen-bond acceptors (Lipinski definition) is 3. The number of pyridine rings is 1. The average Bonchev–Trinajstić information content (AvgIpc) is 2.03. The summed E-state index contributed by atoms with van der Waals surface area (Å²) in [6.45, 7) is 3.72. The first-order valence-electron chi connectivity index (χ1n) is 3.98. The molecule has 0 aromatic carbocycles. The van der Waals surface area contributed by atoms with Crippen LogP contribution in [0.4, 0.5) is 5.69 Å². The zero-order valence-corrected chi connectivity index (χ0v) is 7.66. The molecule has 1 aromatic rings. The van der Waals surface area contributed by atoms with Crippen LogP contribution < -0.4 is 5.32 Å². The first-order valence-corrected chi connectivity index (χ1v) is 3.98. The van der Waals surface area contributed by atoms with E-state index in [4.69, 9.17) is 5.11 Å². The lowest BCUT2D eigenvalue weighted by Crippen LogP contribution is -2.13. The first kappa shape index (κ1) is 9.51. The second kappa shape index (κ2) is 3.89. The minimum atomic E-state index is -0.865. The van der Waals surface area contributed by atoms with E-state index < -0.39 is 5.97 Å².